The van der Waals surface area contributed by atoms with Crippen LogP contribution < -0.4 is 10.4 Å². The highest BCUT2D eigenvalue weighted by Crippen LogP contribution is 2.24. The first-order valence-corrected chi connectivity index (χ1v) is 7.19. The van der Waals surface area contributed by atoms with Crippen molar-refractivity contribution in [2.45, 2.75) is 32.8 Å². The summed E-state index contributed by atoms with van der Waals surface area (Å²) in [6.45, 7) is 3.88. The van der Waals surface area contributed by atoms with Gasteiger partial charge in [-0.2, -0.15) is 4.98 Å². The Kier molecular flexibility index (Phi) is 3.91. The molecule has 114 valence electrons. The standard InChI is InChI=1S/C16H16N2O4/c1-3-4-14-17-16(22-18-14)10(2)20-12-7-5-11-6-8-15(19)21-13(11)9-12/h5-10H,3-4H2,1-2H3. The van der Waals surface area contributed by atoms with Crippen molar-refractivity contribution in [3.05, 3.63) is 52.5 Å². The fourth-order valence-electron chi connectivity index (χ4n) is 2.13. The van der Waals surface area contributed by atoms with Crippen molar-refractivity contribution in [3.63, 3.8) is 0 Å². The van der Waals surface area contributed by atoms with Crippen molar-refractivity contribution in [2.75, 3.05) is 0 Å². The molecule has 0 aliphatic rings. The third-order valence-electron chi connectivity index (χ3n) is 3.21. The van der Waals surface area contributed by atoms with Gasteiger partial charge in [-0.15, -0.1) is 0 Å². The minimum absolute atomic E-state index is 0.383. The number of rotatable bonds is 5. The van der Waals surface area contributed by atoms with E-state index in [1.807, 2.05) is 19.1 Å². The minimum atomic E-state index is -0.390. The molecule has 0 saturated heterocycles. The Labute approximate surface area is 126 Å². The van der Waals surface area contributed by atoms with E-state index < -0.39 is 0 Å². The van der Waals surface area contributed by atoms with E-state index in [0.717, 1.165) is 18.2 Å². The van der Waals surface area contributed by atoms with Crippen LogP contribution in [0.2, 0.25) is 0 Å². The maximum absolute atomic E-state index is 11.3. The lowest BCUT2D eigenvalue weighted by Crippen LogP contribution is -2.04. The van der Waals surface area contributed by atoms with E-state index in [9.17, 15) is 4.79 Å². The van der Waals surface area contributed by atoms with Gasteiger partial charge in [-0.1, -0.05) is 12.1 Å². The van der Waals surface area contributed by atoms with Crippen LogP contribution >= 0.6 is 0 Å². The van der Waals surface area contributed by atoms with Crippen LogP contribution in [0.3, 0.4) is 0 Å². The summed E-state index contributed by atoms with van der Waals surface area (Å²) in [6, 6.07) is 8.41. The highest BCUT2D eigenvalue weighted by atomic mass is 16.5. The second-order valence-corrected chi connectivity index (χ2v) is 5.01. The van der Waals surface area contributed by atoms with E-state index in [1.54, 1.807) is 12.1 Å². The van der Waals surface area contributed by atoms with E-state index in [2.05, 4.69) is 17.1 Å². The van der Waals surface area contributed by atoms with Crippen LogP contribution in [0.1, 0.15) is 38.1 Å². The zero-order chi connectivity index (χ0) is 15.5. The van der Waals surface area contributed by atoms with Crippen molar-refractivity contribution in [1.82, 2.24) is 10.1 Å². The second kappa shape index (κ2) is 6.01. The first-order chi connectivity index (χ1) is 10.7. The number of fused-ring (bicyclic) bond motifs is 1. The fraction of sp³-hybridized carbons (Fsp3) is 0.312. The van der Waals surface area contributed by atoms with E-state index in [4.69, 9.17) is 13.7 Å². The summed E-state index contributed by atoms with van der Waals surface area (Å²) < 4.78 is 16.1. The average Bonchev–Trinajstić information content (AvgIpc) is 2.96. The first kappa shape index (κ1) is 14.3. The molecular weight excluding hydrogens is 284 g/mol. The molecular formula is C16H16N2O4. The van der Waals surface area contributed by atoms with Gasteiger partial charge in [0.15, 0.2) is 11.9 Å². The summed E-state index contributed by atoms with van der Waals surface area (Å²) in [7, 11) is 0. The lowest BCUT2D eigenvalue weighted by atomic mass is 10.2. The summed E-state index contributed by atoms with van der Waals surface area (Å²) in [5.74, 6) is 1.68. The van der Waals surface area contributed by atoms with Gasteiger partial charge >= 0.3 is 5.63 Å². The van der Waals surface area contributed by atoms with Crippen molar-refractivity contribution in [2.24, 2.45) is 0 Å². The van der Waals surface area contributed by atoms with Crippen LogP contribution in [-0.2, 0) is 6.42 Å². The van der Waals surface area contributed by atoms with Crippen LogP contribution in [0, 0.1) is 0 Å². The quantitative estimate of drug-likeness (QED) is 0.673. The van der Waals surface area contributed by atoms with Gasteiger partial charge in [0.25, 0.3) is 5.89 Å². The molecule has 0 radical (unpaired) electrons. The van der Waals surface area contributed by atoms with Gasteiger partial charge in [-0.05, 0) is 31.5 Å². The van der Waals surface area contributed by atoms with E-state index >= 15 is 0 Å². The van der Waals surface area contributed by atoms with E-state index in [1.165, 1.54) is 6.07 Å². The summed E-state index contributed by atoms with van der Waals surface area (Å²) in [4.78, 5) is 15.6. The Morgan fingerprint density at radius 1 is 1.27 bits per heavy atom. The molecule has 0 spiro atoms. The molecule has 6 nitrogen and oxygen atoms in total. The van der Waals surface area contributed by atoms with Crippen LogP contribution in [0.4, 0.5) is 0 Å². The van der Waals surface area contributed by atoms with Crippen molar-refractivity contribution in [3.8, 4) is 5.75 Å². The third kappa shape index (κ3) is 3.00. The number of hydrogen-bond donors (Lipinski definition) is 0. The Morgan fingerprint density at radius 2 is 2.09 bits per heavy atom. The maximum Gasteiger partial charge on any atom is 0.336 e. The largest absolute Gasteiger partial charge is 0.481 e. The second-order valence-electron chi connectivity index (χ2n) is 5.01. The van der Waals surface area contributed by atoms with Gasteiger partial charge < -0.3 is 13.7 Å². The predicted molar refractivity (Wildman–Crippen MR) is 79.8 cm³/mol. The zero-order valence-electron chi connectivity index (χ0n) is 12.4. The Bertz CT molecular complexity index is 837. The first-order valence-electron chi connectivity index (χ1n) is 7.19. The molecule has 6 heteroatoms. The molecule has 1 aromatic carbocycles. The molecule has 0 aliphatic heterocycles. The highest BCUT2D eigenvalue weighted by Gasteiger charge is 2.16. The molecule has 0 aliphatic carbocycles. The van der Waals surface area contributed by atoms with Gasteiger partial charge in [0, 0.05) is 23.9 Å². The molecule has 0 fully saturated rings. The lowest BCUT2D eigenvalue weighted by molar-refractivity contribution is 0.175. The van der Waals surface area contributed by atoms with Crippen molar-refractivity contribution < 1.29 is 13.7 Å². The van der Waals surface area contributed by atoms with Crippen molar-refractivity contribution in [1.29, 1.82) is 0 Å². The van der Waals surface area contributed by atoms with E-state index in [0.29, 0.717) is 23.0 Å². The minimum Gasteiger partial charge on any atom is -0.481 e. The number of ether oxygens (including phenoxy) is 1. The van der Waals surface area contributed by atoms with E-state index in [-0.39, 0.29) is 11.7 Å². The molecule has 2 aromatic heterocycles. The Morgan fingerprint density at radius 3 is 2.91 bits per heavy atom. The smallest absolute Gasteiger partial charge is 0.336 e. The van der Waals surface area contributed by atoms with Gasteiger partial charge in [-0.25, -0.2) is 4.79 Å². The average molecular weight is 300 g/mol. The summed E-state index contributed by atoms with van der Waals surface area (Å²) >= 11 is 0. The molecule has 3 rings (SSSR count). The number of aromatic nitrogens is 2. The Balaban J connectivity index is 1.80. The topological polar surface area (TPSA) is 78.4 Å². The molecule has 0 saturated carbocycles. The maximum atomic E-state index is 11.3. The number of nitrogens with zero attached hydrogens (tertiary/aromatic N) is 2. The molecule has 0 amide bonds. The number of hydrogen-bond acceptors (Lipinski definition) is 6. The highest BCUT2D eigenvalue weighted by molar-refractivity contribution is 5.77. The summed E-state index contributed by atoms with van der Waals surface area (Å²) in [5, 5.41) is 4.74. The summed E-state index contributed by atoms with van der Waals surface area (Å²) in [6.07, 6.45) is 1.35. The monoisotopic (exact) mass is 300 g/mol. The predicted octanol–water partition coefficient (Wildman–Crippen LogP) is 3.27. The molecule has 1 unspecified atom stereocenters. The number of benzene rings is 1. The fourth-order valence-corrected chi connectivity index (χ4v) is 2.13. The Hall–Kier alpha value is -2.63. The van der Waals surface area contributed by atoms with Gasteiger partial charge in [0.2, 0.25) is 0 Å². The molecule has 2 heterocycles. The third-order valence-corrected chi connectivity index (χ3v) is 3.21. The van der Waals surface area contributed by atoms with Gasteiger partial charge in [-0.3, -0.25) is 0 Å². The zero-order valence-corrected chi connectivity index (χ0v) is 12.4. The summed E-state index contributed by atoms with van der Waals surface area (Å²) in [5.41, 5.74) is 0.0909. The molecule has 22 heavy (non-hydrogen) atoms. The molecule has 1 atom stereocenters. The van der Waals surface area contributed by atoms with Crippen LogP contribution in [0.15, 0.2) is 44.1 Å². The van der Waals surface area contributed by atoms with Crippen LogP contribution in [0.5, 0.6) is 5.75 Å². The molecule has 3 aromatic rings. The number of aryl methyl sites for hydroxylation is 1. The molecule has 0 bridgehead atoms. The SMILES string of the molecule is CCCc1noc(C(C)Oc2ccc3ccc(=O)oc3c2)n1. The van der Waals surface area contributed by atoms with Crippen molar-refractivity contribution >= 4 is 11.0 Å². The van der Waals surface area contributed by atoms with Crippen LogP contribution in [0.25, 0.3) is 11.0 Å². The normalized spacial score (nSPS) is 12.5. The molecule has 0 N–H and O–H groups in total. The van der Waals surface area contributed by atoms with Crippen LogP contribution in [-0.4, -0.2) is 10.1 Å². The lowest BCUT2D eigenvalue weighted by Gasteiger charge is -2.10. The van der Waals surface area contributed by atoms with Gasteiger partial charge in [0.1, 0.15) is 11.3 Å². The van der Waals surface area contributed by atoms with Gasteiger partial charge in [0.05, 0.1) is 0 Å².